The molecule has 0 unspecified atom stereocenters. The quantitative estimate of drug-likeness (QED) is 0.799. The number of sulfonamides is 1. The molecule has 0 bridgehead atoms. The summed E-state index contributed by atoms with van der Waals surface area (Å²) in [5.74, 6) is 0.0359. The molecule has 0 saturated carbocycles. The van der Waals surface area contributed by atoms with Gasteiger partial charge in [0.2, 0.25) is 5.09 Å². The number of furan rings is 1. The molecule has 1 aliphatic heterocycles. The van der Waals surface area contributed by atoms with Gasteiger partial charge in [-0.3, -0.25) is 4.79 Å². The molecular formula is C13H19NO4S. The third-order valence-corrected chi connectivity index (χ3v) is 5.38. The van der Waals surface area contributed by atoms with E-state index in [1.54, 1.807) is 0 Å². The predicted molar refractivity (Wildman–Crippen MR) is 70.5 cm³/mol. The normalized spacial score (nSPS) is 20.9. The summed E-state index contributed by atoms with van der Waals surface area (Å²) in [6.07, 6.45) is 3.18. The first-order valence-electron chi connectivity index (χ1n) is 6.40. The Bertz CT molecular complexity index is 559. The molecule has 1 aliphatic rings. The van der Waals surface area contributed by atoms with Crippen LogP contribution in [0.1, 0.15) is 43.7 Å². The van der Waals surface area contributed by atoms with Gasteiger partial charge in [0.15, 0.2) is 12.0 Å². The van der Waals surface area contributed by atoms with Crippen molar-refractivity contribution in [3.8, 4) is 0 Å². The summed E-state index contributed by atoms with van der Waals surface area (Å²) in [7, 11) is -3.62. The van der Waals surface area contributed by atoms with E-state index >= 15 is 0 Å². The van der Waals surface area contributed by atoms with Gasteiger partial charge in [0.05, 0.1) is 0 Å². The molecule has 1 aromatic heterocycles. The summed E-state index contributed by atoms with van der Waals surface area (Å²) in [4.78, 5) is 10.6. The van der Waals surface area contributed by atoms with Gasteiger partial charge in [-0.25, -0.2) is 8.42 Å². The molecule has 0 amide bonds. The van der Waals surface area contributed by atoms with E-state index in [1.807, 2.05) is 0 Å². The van der Waals surface area contributed by atoms with Crippen molar-refractivity contribution in [3.05, 3.63) is 17.9 Å². The van der Waals surface area contributed by atoms with Gasteiger partial charge < -0.3 is 4.42 Å². The van der Waals surface area contributed by atoms with E-state index < -0.39 is 10.0 Å². The zero-order valence-electron chi connectivity index (χ0n) is 11.3. The van der Waals surface area contributed by atoms with E-state index in [1.165, 1.54) is 16.4 Å². The second-order valence-electron chi connectivity index (χ2n) is 5.70. The molecule has 0 aliphatic carbocycles. The fraction of sp³-hybridized carbons (Fsp3) is 0.615. The Kier molecular flexibility index (Phi) is 3.82. The number of hydrogen-bond donors (Lipinski definition) is 0. The summed E-state index contributed by atoms with van der Waals surface area (Å²) < 4.78 is 31.3. The Morgan fingerprint density at radius 3 is 2.63 bits per heavy atom. The molecule has 0 spiro atoms. The first-order valence-corrected chi connectivity index (χ1v) is 7.84. The van der Waals surface area contributed by atoms with E-state index in [0.29, 0.717) is 19.4 Å². The van der Waals surface area contributed by atoms with Crippen LogP contribution in [0.4, 0.5) is 0 Å². The van der Waals surface area contributed by atoms with Gasteiger partial charge >= 0.3 is 0 Å². The van der Waals surface area contributed by atoms with Crippen LogP contribution in [0.2, 0.25) is 0 Å². The van der Waals surface area contributed by atoms with Crippen LogP contribution < -0.4 is 0 Å². The van der Waals surface area contributed by atoms with Gasteiger partial charge in [-0.1, -0.05) is 13.8 Å². The van der Waals surface area contributed by atoms with Gasteiger partial charge in [-0.15, -0.1) is 0 Å². The molecule has 6 heteroatoms. The van der Waals surface area contributed by atoms with Crippen LogP contribution in [0.25, 0.3) is 0 Å². The van der Waals surface area contributed by atoms with E-state index in [2.05, 4.69) is 13.8 Å². The van der Waals surface area contributed by atoms with Crippen LogP contribution in [-0.2, 0) is 10.0 Å². The Morgan fingerprint density at radius 1 is 1.26 bits per heavy atom. The fourth-order valence-corrected chi connectivity index (χ4v) is 3.70. The van der Waals surface area contributed by atoms with Crippen molar-refractivity contribution in [3.63, 3.8) is 0 Å². The Hall–Kier alpha value is -1.14. The first-order chi connectivity index (χ1) is 8.85. The largest absolute Gasteiger partial charge is 0.440 e. The lowest BCUT2D eigenvalue weighted by Gasteiger charge is -2.22. The molecule has 0 atom stereocenters. The van der Waals surface area contributed by atoms with E-state index in [-0.39, 0.29) is 16.3 Å². The maximum Gasteiger partial charge on any atom is 0.276 e. The number of nitrogens with zero attached hydrogens (tertiary/aromatic N) is 1. The second-order valence-corrected chi connectivity index (χ2v) is 7.57. The molecule has 0 radical (unpaired) electrons. The van der Waals surface area contributed by atoms with Crippen molar-refractivity contribution in [2.75, 3.05) is 13.1 Å². The molecule has 19 heavy (non-hydrogen) atoms. The molecule has 5 nitrogen and oxygen atoms in total. The zero-order valence-corrected chi connectivity index (χ0v) is 12.1. The van der Waals surface area contributed by atoms with Crippen LogP contribution in [-0.4, -0.2) is 32.1 Å². The summed E-state index contributed by atoms with van der Waals surface area (Å²) in [5, 5.41) is -0.144. The highest BCUT2D eigenvalue weighted by Crippen LogP contribution is 2.32. The van der Waals surface area contributed by atoms with Crippen LogP contribution in [0.5, 0.6) is 0 Å². The van der Waals surface area contributed by atoms with E-state index in [0.717, 1.165) is 19.3 Å². The summed E-state index contributed by atoms with van der Waals surface area (Å²) in [5.41, 5.74) is 0.168. The monoisotopic (exact) mass is 285 g/mol. The highest BCUT2D eigenvalue weighted by Gasteiger charge is 2.32. The molecule has 0 N–H and O–H groups in total. The maximum absolute atomic E-state index is 12.4. The van der Waals surface area contributed by atoms with Crippen molar-refractivity contribution < 1.29 is 17.6 Å². The van der Waals surface area contributed by atoms with E-state index in [9.17, 15) is 13.2 Å². The fourth-order valence-electron chi connectivity index (χ4n) is 2.30. The smallest absolute Gasteiger partial charge is 0.276 e. The summed E-state index contributed by atoms with van der Waals surface area (Å²) >= 11 is 0. The highest BCUT2D eigenvalue weighted by molar-refractivity contribution is 7.89. The topological polar surface area (TPSA) is 67.6 Å². The average Bonchev–Trinajstić information content (AvgIpc) is 2.75. The Morgan fingerprint density at radius 2 is 2.00 bits per heavy atom. The molecule has 1 aromatic rings. The van der Waals surface area contributed by atoms with Gasteiger partial charge in [0.25, 0.3) is 10.0 Å². The standard InChI is InChI=1S/C13H19NO4S/c1-13(2)6-3-8-14(9-7-13)19(16,17)12-5-4-11(10-15)18-12/h4-5,10H,3,6-9H2,1-2H3. The molecule has 1 fully saturated rings. The van der Waals surface area contributed by atoms with Crippen LogP contribution in [0.15, 0.2) is 21.6 Å². The maximum atomic E-state index is 12.4. The molecule has 0 aromatic carbocycles. The third-order valence-electron chi connectivity index (χ3n) is 3.61. The summed E-state index contributed by atoms with van der Waals surface area (Å²) in [6, 6.07) is 2.72. The van der Waals surface area contributed by atoms with Crippen molar-refractivity contribution in [2.45, 2.75) is 38.2 Å². The molecule has 106 valence electrons. The minimum absolute atomic E-state index is 0.0359. The van der Waals surface area contributed by atoms with Gasteiger partial charge in [0.1, 0.15) is 0 Å². The van der Waals surface area contributed by atoms with Crippen LogP contribution >= 0.6 is 0 Å². The first kappa shape index (κ1) is 14.3. The SMILES string of the molecule is CC1(C)CCCN(S(=O)(=O)c2ccc(C=O)o2)CC1. The van der Waals surface area contributed by atoms with Crippen molar-refractivity contribution in [1.82, 2.24) is 4.31 Å². The Balaban J connectivity index is 2.22. The average molecular weight is 285 g/mol. The molecule has 2 rings (SSSR count). The van der Waals surface area contributed by atoms with Gasteiger partial charge in [-0.2, -0.15) is 4.31 Å². The van der Waals surface area contributed by atoms with Crippen LogP contribution in [0.3, 0.4) is 0 Å². The van der Waals surface area contributed by atoms with Gasteiger partial charge in [0, 0.05) is 13.1 Å². The lowest BCUT2D eigenvalue weighted by molar-refractivity contribution is 0.109. The number of hydrogen-bond acceptors (Lipinski definition) is 4. The second kappa shape index (κ2) is 5.09. The minimum Gasteiger partial charge on any atom is -0.440 e. The lowest BCUT2D eigenvalue weighted by atomic mass is 9.85. The minimum atomic E-state index is -3.62. The number of rotatable bonds is 3. The third kappa shape index (κ3) is 3.06. The van der Waals surface area contributed by atoms with Crippen LogP contribution in [0, 0.1) is 5.41 Å². The molecular weight excluding hydrogens is 266 g/mol. The number of aldehydes is 1. The van der Waals surface area contributed by atoms with Crippen molar-refractivity contribution >= 4 is 16.3 Å². The van der Waals surface area contributed by atoms with Crippen molar-refractivity contribution in [1.29, 1.82) is 0 Å². The zero-order chi connectivity index (χ0) is 14.1. The predicted octanol–water partition coefficient (Wildman–Crippen LogP) is 2.29. The lowest BCUT2D eigenvalue weighted by Crippen LogP contribution is -2.32. The van der Waals surface area contributed by atoms with Gasteiger partial charge in [-0.05, 0) is 36.8 Å². The molecule has 2 heterocycles. The Labute approximate surface area is 113 Å². The van der Waals surface area contributed by atoms with Crippen molar-refractivity contribution in [2.24, 2.45) is 5.41 Å². The summed E-state index contributed by atoms with van der Waals surface area (Å²) in [6.45, 7) is 5.30. The molecule has 1 saturated heterocycles. The number of carbonyl (C=O) groups is 1. The number of carbonyl (C=O) groups excluding carboxylic acids is 1. The van der Waals surface area contributed by atoms with E-state index in [4.69, 9.17) is 4.42 Å². The highest BCUT2D eigenvalue weighted by atomic mass is 32.2.